The SMILES string of the molecule is O=C1NC(=NCCCN2CCCC2)NC1=O. The summed E-state index contributed by atoms with van der Waals surface area (Å²) in [4.78, 5) is 28.1. The van der Waals surface area contributed by atoms with Gasteiger partial charge >= 0.3 is 11.8 Å². The highest BCUT2D eigenvalue weighted by molar-refractivity contribution is 6.45. The first-order valence-electron chi connectivity index (χ1n) is 5.65. The van der Waals surface area contributed by atoms with Crippen molar-refractivity contribution in [1.82, 2.24) is 15.5 Å². The summed E-state index contributed by atoms with van der Waals surface area (Å²) in [6.07, 6.45) is 3.54. The van der Waals surface area contributed by atoms with Gasteiger partial charge in [0.15, 0.2) is 0 Å². The summed E-state index contributed by atoms with van der Waals surface area (Å²) < 4.78 is 0. The first-order chi connectivity index (χ1) is 7.75. The van der Waals surface area contributed by atoms with Crippen LogP contribution in [0, 0.1) is 0 Å². The number of hydrogen-bond donors (Lipinski definition) is 2. The van der Waals surface area contributed by atoms with Gasteiger partial charge in [0.1, 0.15) is 0 Å². The van der Waals surface area contributed by atoms with Crippen molar-refractivity contribution in [3.8, 4) is 0 Å². The van der Waals surface area contributed by atoms with Gasteiger partial charge in [-0.2, -0.15) is 0 Å². The van der Waals surface area contributed by atoms with Crippen molar-refractivity contribution in [2.24, 2.45) is 4.99 Å². The van der Waals surface area contributed by atoms with Crippen LogP contribution in [0.4, 0.5) is 0 Å². The Hall–Kier alpha value is -1.43. The summed E-state index contributed by atoms with van der Waals surface area (Å²) in [5.74, 6) is -0.965. The zero-order valence-electron chi connectivity index (χ0n) is 9.16. The van der Waals surface area contributed by atoms with Crippen molar-refractivity contribution in [3.63, 3.8) is 0 Å². The van der Waals surface area contributed by atoms with E-state index in [-0.39, 0.29) is 5.96 Å². The Morgan fingerprint density at radius 3 is 2.38 bits per heavy atom. The van der Waals surface area contributed by atoms with E-state index in [1.807, 2.05) is 0 Å². The van der Waals surface area contributed by atoms with Gasteiger partial charge in [0.05, 0.1) is 0 Å². The second-order valence-electron chi connectivity index (χ2n) is 4.04. The number of carbonyl (C=O) groups excluding carboxylic acids is 2. The molecule has 0 aromatic heterocycles. The topological polar surface area (TPSA) is 73.8 Å². The molecule has 2 rings (SSSR count). The van der Waals surface area contributed by atoms with E-state index in [1.54, 1.807) is 0 Å². The number of hydrogen-bond acceptors (Lipinski definition) is 4. The van der Waals surface area contributed by atoms with Gasteiger partial charge in [-0.3, -0.25) is 25.2 Å². The van der Waals surface area contributed by atoms with Crippen LogP contribution in [0.3, 0.4) is 0 Å². The monoisotopic (exact) mass is 224 g/mol. The molecule has 2 fully saturated rings. The summed E-state index contributed by atoms with van der Waals surface area (Å²) in [5, 5.41) is 4.74. The van der Waals surface area contributed by atoms with E-state index >= 15 is 0 Å². The molecule has 0 aliphatic carbocycles. The number of amides is 2. The predicted octanol–water partition coefficient (Wildman–Crippen LogP) is -0.926. The lowest BCUT2D eigenvalue weighted by molar-refractivity contribution is -0.135. The third-order valence-corrected chi connectivity index (χ3v) is 2.77. The second-order valence-corrected chi connectivity index (χ2v) is 4.04. The fourth-order valence-electron chi connectivity index (χ4n) is 1.93. The van der Waals surface area contributed by atoms with Crippen LogP contribution in [0.2, 0.25) is 0 Å². The third-order valence-electron chi connectivity index (χ3n) is 2.77. The van der Waals surface area contributed by atoms with E-state index in [9.17, 15) is 9.59 Å². The van der Waals surface area contributed by atoms with Gasteiger partial charge in [-0.25, -0.2) is 0 Å². The number of rotatable bonds is 4. The number of guanidine groups is 1. The lowest BCUT2D eigenvalue weighted by Crippen LogP contribution is -2.26. The molecule has 0 saturated carbocycles. The highest BCUT2D eigenvalue weighted by Gasteiger charge is 2.24. The van der Waals surface area contributed by atoms with Gasteiger partial charge in [0.2, 0.25) is 5.96 Å². The summed E-state index contributed by atoms with van der Waals surface area (Å²) >= 11 is 0. The minimum atomic E-state index is -0.627. The maximum Gasteiger partial charge on any atom is 0.316 e. The first-order valence-corrected chi connectivity index (χ1v) is 5.65. The molecule has 88 valence electrons. The van der Waals surface area contributed by atoms with Crippen LogP contribution in [0.1, 0.15) is 19.3 Å². The fraction of sp³-hybridized carbons (Fsp3) is 0.700. The fourth-order valence-corrected chi connectivity index (χ4v) is 1.93. The lowest BCUT2D eigenvalue weighted by Gasteiger charge is -2.12. The molecule has 2 saturated heterocycles. The Kier molecular flexibility index (Phi) is 3.51. The molecule has 0 unspecified atom stereocenters. The van der Waals surface area contributed by atoms with Crippen molar-refractivity contribution < 1.29 is 9.59 Å². The zero-order valence-corrected chi connectivity index (χ0v) is 9.16. The van der Waals surface area contributed by atoms with E-state index in [0.717, 1.165) is 13.0 Å². The number of nitrogens with zero attached hydrogens (tertiary/aromatic N) is 2. The number of aliphatic imine (C=N–C) groups is 1. The van der Waals surface area contributed by atoms with Gasteiger partial charge in [-0.1, -0.05) is 0 Å². The Balaban J connectivity index is 1.65. The highest BCUT2D eigenvalue weighted by Crippen LogP contribution is 2.07. The molecule has 0 atom stereocenters. The van der Waals surface area contributed by atoms with E-state index in [1.165, 1.54) is 25.9 Å². The Labute approximate surface area is 94.1 Å². The minimum Gasteiger partial charge on any atom is -0.303 e. The van der Waals surface area contributed by atoms with E-state index in [0.29, 0.717) is 6.54 Å². The molecular formula is C10H16N4O2. The Morgan fingerprint density at radius 1 is 1.12 bits per heavy atom. The minimum absolute atomic E-state index is 0.288. The van der Waals surface area contributed by atoms with Crippen LogP contribution < -0.4 is 10.6 Å². The van der Waals surface area contributed by atoms with E-state index < -0.39 is 11.8 Å². The molecule has 6 nitrogen and oxygen atoms in total. The molecule has 16 heavy (non-hydrogen) atoms. The molecule has 0 radical (unpaired) electrons. The molecule has 2 N–H and O–H groups in total. The molecule has 2 aliphatic rings. The van der Waals surface area contributed by atoms with Crippen LogP contribution in [-0.4, -0.2) is 48.9 Å². The number of carbonyl (C=O) groups is 2. The van der Waals surface area contributed by atoms with E-state index in [4.69, 9.17) is 0 Å². The smallest absolute Gasteiger partial charge is 0.303 e. The zero-order chi connectivity index (χ0) is 11.4. The van der Waals surface area contributed by atoms with Crippen molar-refractivity contribution >= 4 is 17.8 Å². The van der Waals surface area contributed by atoms with Crippen LogP contribution >= 0.6 is 0 Å². The average molecular weight is 224 g/mol. The van der Waals surface area contributed by atoms with Gasteiger partial charge in [0, 0.05) is 6.54 Å². The highest BCUT2D eigenvalue weighted by atomic mass is 16.2. The Bertz CT molecular complexity index is 303. The van der Waals surface area contributed by atoms with Gasteiger partial charge in [-0.05, 0) is 38.9 Å². The summed E-state index contributed by atoms with van der Waals surface area (Å²) in [6.45, 7) is 4.04. The predicted molar refractivity (Wildman–Crippen MR) is 58.9 cm³/mol. The van der Waals surface area contributed by atoms with E-state index in [2.05, 4.69) is 20.5 Å². The quantitative estimate of drug-likeness (QED) is 0.479. The van der Waals surface area contributed by atoms with Crippen LogP contribution in [0.15, 0.2) is 4.99 Å². The van der Waals surface area contributed by atoms with Gasteiger partial charge in [0.25, 0.3) is 0 Å². The van der Waals surface area contributed by atoms with Crippen LogP contribution in [0.5, 0.6) is 0 Å². The van der Waals surface area contributed by atoms with Crippen molar-refractivity contribution in [3.05, 3.63) is 0 Å². The number of likely N-dealkylation sites (tertiary alicyclic amines) is 1. The largest absolute Gasteiger partial charge is 0.316 e. The molecule has 2 heterocycles. The standard InChI is InChI=1S/C10H16N4O2/c15-8-9(16)13-10(12-8)11-4-3-7-14-5-1-2-6-14/h1-7H2,(H2,11,12,13,15,16). The average Bonchev–Trinajstić information content (AvgIpc) is 2.85. The molecule has 0 aromatic carbocycles. The molecule has 2 aliphatic heterocycles. The summed E-state index contributed by atoms with van der Waals surface area (Å²) in [7, 11) is 0. The van der Waals surface area contributed by atoms with Crippen molar-refractivity contribution in [2.75, 3.05) is 26.2 Å². The maximum atomic E-state index is 10.8. The van der Waals surface area contributed by atoms with Crippen molar-refractivity contribution in [1.29, 1.82) is 0 Å². The van der Waals surface area contributed by atoms with Gasteiger partial charge < -0.3 is 4.90 Å². The molecule has 6 heteroatoms. The molecule has 0 spiro atoms. The summed E-state index contributed by atoms with van der Waals surface area (Å²) in [6, 6.07) is 0. The molecule has 0 aromatic rings. The molecule has 2 amide bonds. The molecule has 0 bridgehead atoms. The third kappa shape index (κ3) is 2.79. The van der Waals surface area contributed by atoms with Crippen molar-refractivity contribution in [2.45, 2.75) is 19.3 Å². The number of nitrogens with one attached hydrogen (secondary N) is 2. The first kappa shape index (κ1) is 11.1. The van der Waals surface area contributed by atoms with Crippen LogP contribution in [0.25, 0.3) is 0 Å². The molecular weight excluding hydrogens is 208 g/mol. The van der Waals surface area contributed by atoms with Gasteiger partial charge in [-0.15, -0.1) is 0 Å². The normalized spacial score (nSPS) is 21.1. The second kappa shape index (κ2) is 5.07. The maximum absolute atomic E-state index is 10.8. The van der Waals surface area contributed by atoms with Crippen LogP contribution in [-0.2, 0) is 9.59 Å². The summed E-state index contributed by atoms with van der Waals surface area (Å²) in [5.41, 5.74) is 0. The lowest BCUT2D eigenvalue weighted by atomic mass is 10.4. The Morgan fingerprint density at radius 2 is 1.75 bits per heavy atom.